The van der Waals surface area contributed by atoms with Crippen LogP contribution in [-0.4, -0.2) is 33.7 Å². The summed E-state index contributed by atoms with van der Waals surface area (Å²) in [6.07, 6.45) is 0.106. The number of nitrogens with zero attached hydrogens (tertiary/aromatic N) is 2. The molecule has 2 amide bonds. The first-order valence-corrected chi connectivity index (χ1v) is 9.92. The summed E-state index contributed by atoms with van der Waals surface area (Å²) in [5, 5.41) is 3.03. The number of carbonyl (C=O) groups is 2. The Balaban J connectivity index is 1.71. The molecule has 7 heteroatoms. The van der Waals surface area contributed by atoms with Crippen molar-refractivity contribution < 1.29 is 9.59 Å². The second kappa shape index (κ2) is 8.51. The number of aliphatic imine (C=N–C) groups is 1. The summed E-state index contributed by atoms with van der Waals surface area (Å²) in [5.41, 5.74) is 1.48. The summed E-state index contributed by atoms with van der Waals surface area (Å²) >= 11 is 4.75. The lowest BCUT2D eigenvalue weighted by atomic mass is 10.2. The van der Waals surface area contributed by atoms with Gasteiger partial charge in [0.25, 0.3) is 0 Å². The van der Waals surface area contributed by atoms with Crippen LogP contribution in [0.3, 0.4) is 0 Å². The standard InChI is InChI=1S/C19H18BrN3O2S/c1-2-23-18(25)16(26-19(23)21-13-8-4-3-5-9-13)12-17(24)22-15-11-7-6-10-14(15)20/h3-11,16H,2,12H2,1H3,(H,22,24). The number of hydrogen-bond donors (Lipinski definition) is 1. The lowest BCUT2D eigenvalue weighted by Crippen LogP contribution is -2.33. The smallest absolute Gasteiger partial charge is 0.242 e. The number of rotatable bonds is 5. The predicted octanol–water partition coefficient (Wildman–Crippen LogP) is 4.43. The first-order valence-electron chi connectivity index (χ1n) is 8.24. The summed E-state index contributed by atoms with van der Waals surface area (Å²) < 4.78 is 0.806. The fraction of sp³-hybridized carbons (Fsp3) is 0.211. The molecule has 2 aromatic rings. The lowest BCUT2D eigenvalue weighted by molar-refractivity contribution is -0.128. The molecule has 2 aromatic carbocycles. The van der Waals surface area contributed by atoms with E-state index in [4.69, 9.17) is 0 Å². The molecule has 1 N–H and O–H groups in total. The average molecular weight is 432 g/mol. The van der Waals surface area contributed by atoms with Crippen LogP contribution in [0, 0.1) is 0 Å². The highest BCUT2D eigenvalue weighted by Gasteiger charge is 2.38. The second-order valence-electron chi connectivity index (χ2n) is 5.65. The van der Waals surface area contributed by atoms with Gasteiger partial charge in [-0.1, -0.05) is 42.1 Å². The summed E-state index contributed by atoms with van der Waals surface area (Å²) in [6, 6.07) is 16.9. The van der Waals surface area contributed by atoms with E-state index in [1.807, 2.05) is 61.5 Å². The Labute approximate surface area is 165 Å². The third kappa shape index (κ3) is 4.34. The number of benzene rings is 2. The van der Waals surface area contributed by atoms with Crippen molar-refractivity contribution in [3.8, 4) is 0 Å². The monoisotopic (exact) mass is 431 g/mol. The van der Waals surface area contributed by atoms with Gasteiger partial charge in [-0.25, -0.2) is 4.99 Å². The number of thioether (sulfide) groups is 1. The Bertz CT molecular complexity index is 842. The molecule has 0 radical (unpaired) electrons. The highest BCUT2D eigenvalue weighted by atomic mass is 79.9. The fourth-order valence-electron chi connectivity index (χ4n) is 2.56. The van der Waals surface area contributed by atoms with E-state index in [0.717, 1.165) is 10.2 Å². The van der Waals surface area contributed by atoms with Gasteiger partial charge < -0.3 is 5.32 Å². The van der Waals surface area contributed by atoms with Gasteiger partial charge in [0.1, 0.15) is 5.25 Å². The van der Waals surface area contributed by atoms with Gasteiger partial charge >= 0.3 is 0 Å². The molecule has 0 spiro atoms. The Morgan fingerprint density at radius 1 is 1.19 bits per heavy atom. The zero-order chi connectivity index (χ0) is 18.5. The molecule has 26 heavy (non-hydrogen) atoms. The third-order valence-electron chi connectivity index (χ3n) is 3.84. The van der Waals surface area contributed by atoms with Crippen LogP contribution in [0.25, 0.3) is 0 Å². The number of anilines is 1. The van der Waals surface area contributed by atoms with Gasteiger partial charge in [-0.05, 0) is 47.1 Å². The summed E-state index contributed by atoms with van der Waals surface area (Å²) in [7, 11) is 0. The highest BCUT2D eigenvalue weighted by molar-refractivity contribution is 9.10. The quantitative estimate of drug-likeness (QED) is 0.761. The number of halogens is 1. The van der Waals surface area contributed by atoms with E-state index in [1.54, 1.807) is 4.90 Å². The SMILES string of the molecule is CCN1C(=O)C(CC(=O)Nc2ccccc2Br)SC1=Nc1ccccc1. The lowest BCUT2D eigenvalue weighted by Gasteiger charge is -2.13. The summed E-state index contributed by atoms with van der Waals surface area (Å²) in [5.74, 6) is -0.269. The van der Waals surface area contributed by atoms with Crippen molar-refractivity contribution in [2.24, 2.45) is 4.99 Å². The van der Waals surface area contributed by atoms with Crippen LogP contribution in [-0.2, 0) is 9.59 Å². The molecule has 0 aromatic heterocycles. The van der Waals surface area contributed by atoms with E-state index in [-0.39, 0.29) is 18.2 Å². The van der Waals surface area contributed by atoms with E-state index >= 15 is 0 Å². The summed E-state index contributed by atoms with van der Waals surface area (Å²) in [6.45, 7) is 2.43. The van der Waals surface area contributed by atoms with Gasteiger partial charge in [-0.2, -0.15) is 0 Å². The number of hydrogen-bond acceptors (Lipinski definition) is 4. The Hall–Kier alpha value is -2.12. The second-order valence-corrected chi connectivity index (χ2v) is 7.68. The topological polar surface area (TPSA) is 61.8 Å². The molecule has 1 heterocycles. The molecule has 1 aliphatic heterocycles. The largest absolute Gasteiger partial charge is 0.325 e. The van der Waals surface area contributed by atoms with Crippen LogP contribution in [0.4, 0.5) is 11.4 Å². The van der Waals surface area contributed by atoms with Crippen LogP contribution < -0.4 is 5.32 Å². The normalized spacial score (nSPS) is 18.4. The minimum Gasteiger partial charge on any atom is -0.325 e. The molecule has 1 saturated heterocycles. The molecule has 0 bridgehead atoms. The molecule has 1 unspecified atom stereocenters. The van der Waals surface area contributed by atoms with E-state index in [2.05, 4.69) is 26.2 Å². The number of nitrogens with one attached hydrogen (secondary N) is 1. The van der Waals surface area contributed by atoms with Crippen LogP contribution in [0.1, 0.15) is 13.3 Å². The van der Waals surface area contributed by atoms with Crippen molar-refractivity contribution in [3.63, 3.8) is 0 Å². The first kappa shape index (κ1) is 18.7. The molecule has 3 rings (SSSR count). The van der Waals surface area contributed by atoms with E-state index in [0.29, 0.717) is 17.4 Å². The molecule has 1 fully saturated rings. The van der Waals surface area contributed by atoms with Crippen LogP contribution in [0.15, 0.2) is 64.1 Å². The van der Waals surface area contributed by atoms with E-state index in [9.17, 15) is 9.59 Å². The van der Waals surface area contributed by atoms with Crippen molar-refractivity contribution in [1.29, 1.82) is 0 Å². The Morgan fingerprint density at radius 3 is 2.58 bits per heavy atom. The van der Waals surface area contributed by atoms with Crippen molar-refractivity contribution in [1.82, 2.24) is 4.90 Å². The molecule has 5 nitrogen and oxygen atoms in total. The molecule has 1 aliphatic rings. The number of amides is 2. The van der Waals surface area contributed by atoms with Crippen molar-refractivity contribution in [3.05, 3.63) is 59.1 Å². The molecule has 0 saturated carbocycles. The molecule has 1 atom stereocenters. The van der Waals surface area contributed by atoms with Gasteiger partial charge in [0.2, 0.25) is 11.8 Å². The maximum absolute atomic E-state index is 12.6. The zero-order valence-electron chi connectivity index (χ0n) is 14.2. The van der Waals surface area contributed by atoms with Gasteiger partial charge in [-0.3, -0.25) is 14.5 Å². The van der Waals surface area contributed by atoms with Crippen LogP contribution >= 0.6 is 27.7 Å². The summed E-state index contributed by atoms with van der Waals surface area (Å²) in [4.78, 5) is 31.2. The maximum Gasteiger partial charge on any atom is 0.242 e. The molecule has 0 aliphatic carbocycles. The highest BCUT2D eigenvalue weighted by Crippen LogP contribution is 2.32. The molecule has 134 valence electrons. The minimum atomic E-state index is -0.458. The Morgan fingerprint density at radius 2 is 1.88 bits per heavy atom. The third-order valence-corrected chi connectivity index (χ3v) is 5.70. The van der Waals surface area contributed by atoms with Crippen molar-refractivity contribution in [2.75, 3.05) is 11.9 Å². The minimum absolute atomic E-state index is 0.0746. The van der Waals surface area contributed by atoms with Crippen LogP contribution in [0.5, 0.6) is 0 Å². The van der Waals surface area contributed by atoms with E-state index < -0.39 is 5.25 Å². The maximum atomic E-state index is 12.6. The molecular weight excluding hydrogens is 414 g/mol. The zero-order valence-corrected chi connectivity index (χ0v) is 16.6. The van der Waals surface area contributed by atoms with Crippen LogP contribution in [0.2, 0.25) is 0 Å². The number of amidine groups is 1. The van der Waals surface area contributed by atoms with Crippen molar-refractivity contribution in [2.45, 2.75) is 18.6 Å². The van der Waals surface area contributed by atoms with Gasteiger partial charge in [0.15, 0.2) is 5.17 Å². The molecular formula is C19H18BrN3O2S. The van der Waals surface area contributed by atoms with E-state index in [1.165, 1.54) is 11.8 Å². The number of carbonyl (C=O) groups excluding carboxylic acids is 2. The van der Waals surface area contributed by atoms with Gasteiger partial charge in [0.05, 0.1) is 11.4 Å². The van der Waals surface area contributed by atoms with Gasteiger partial charge in [-0.15, -0.1) is 0 Å². The predicted molar refractivity (Wildman–Crippen MR) is 110 cm³/mol. The Kier molecular flexibility index (Phi) is 6.11. The number of para-hydroxylation sites is 2. The van der Waals surface area contributed by atoms with Gasteiger partial charge in [0, 0.05) is 17.4 Å². The fourth-order valence-corrected chi connectivity index (χ4v) is 4.17. The van der Waals surface area contributed by atoms with Crippen molar-refractivity contribution >= 4 is 56.0 Å². The first-order chi connectivity index (χ1) is 12.6. The average Bonchev–Trinajstić information content (AvgIpc) is 2.92.